The van der Waals surface area contributed by atoms with Crippen molar-refractivity contribution < 1.29 is 19.1 Å². The number of carbonyl (C=O) groups excluding carboxylic acids is 1. The molecule has 0 aliphatic rings. The molecule has 1 atom stereocenters. The molecule has 0 spiro atoms. The van der Waals surface area contributed by atoms with Gasteiger partial charge >= 0.3 is 12.0 Å². The van der Waals surface area contributed by atoms with Crippen LogP contribution in [-0.4, -0.2) is 34.1 Å². The third kappa shape index (κ3) is 6.27. The Hall–Kier alpha value is -2.76. The van der Waals surface area contributed by atoms with Gasteiger partial charge in [0.1, 0.15) is 5.76 Å². The van der Waals surface area contributed by atoms with Crippen LogP contribution in [0.5, 0.6) is 0 Å². The van der Waals surface area contributed by atoms with Gasteiger partial charge in [0, 0.05) is 18.5 Å². The van der Waals surface area contributed by atoms with Gasteiger partial charge in [0.15, 0.2) is 0 Å². The van der Waals surface area contributed by atoms with Crippen molar-refractivity contribution in [2.24, 2.45) is 0 Å². The minimum atomic E-state index is -0.867. The van der Waals surface area contributed by atoms with Gasteiger partial charge in [0.05, 0.1) is 12.8 Å². The van der Waals surface area contributed by atoms with Crippen LogP contribution in [0.3, 0.4) is 0 Å². The second-order valence-corrected chi connectivity index (χ2v) is 6.57. The van der Waals surface area contributed by atoms with Crippen LogP contribution in [0.25, 0.3) is 0 Å². The molecule has 0 aliphatic heterocycles. The van der Waals surface area contributed by atoms with E-state index < -0.39 is 5.97 Å². The van der Waals surface area contributed by atoms with Gasteiger partial charge in [-0.25, -0.2) is 4.79 Å². The minimum absolute atomic E-state index is 0.0116. The average molecular weight is 358 g/mol. The summed E-state index contributed by atoms with van der Waals surface area (Å²) < 4.78 is 5.34. The van der Waals surface area contributed by atoms with Gasteiger partial charge in [-0.3, -0.25) is 4.79 Å². The number of carboxylic acid groups (broad SMARTS) is 1. The van der Waals surface area contributed by atoms with Crippen LogP contribution in [0.1, 0.15) is 38.0 Å². The number of benzene rings is 1. The molecule has 0 saturated heterocycles. The maximum absolute atomic E-state index is 12.8. The summed E-state index contributed by atoms with van der Waals surface area (Å²) >= 11 is 0. The molecule has 6 heteroatoms. The summed E-state index contributed by atoms with van der Waals surface area (Å²) in [5.74, 6) is -0.160. The van der Waals surface area contributed by atoms with E-state index in [1.165, 1.54) is 0 Å². The third-order valence-corrected chi connectivity index (χ3v) is 4.15. The number of amides is 2. The number of furan rings is 1. The molecule has 0 fully saturated rings. The fourth-order valence-electron chi connectivity index (χ4n) is 2.74. The molecule has 2 amide bonds. The number of hydrogen-bond donors (Lipinski definition) is 2. The molecule has 0 aliphatic carbocycles. The summed E-state index contributed by atoms with van der Waals surface area (Å²) in [5, 5.41) is 12.0. The molecule has 2 N–H and O–H groups in total. The predicted molar refractivity (Wildman–Crippen MR) is 98.7 cm³/mol. The summed E-state index contributed by atoms with van der Waals surface area (Å²) in [4.78, 5) is 25.4. The predicted octanol–water partition coefficient (Wildman–Crippen LogP) is 3.68. The van der Waals surface area contributed by atoms with Gasteiger partial charge < -0.3 is 19.7 Å². The van der Waals surface area contributed by atoms with E-state index in [1.807, 2.05) is 50.2 Å². The zero-order valence-electron chi connectivity index (χ0n) is 15.2. The fraction of sp³-hybridized carbons (Fsp3) is 0.400. The van der Waals surface area contributed by atoms with E-state index in [1.54, 1.807) is 17.2 Å². The zero-order valence-corrected chi connectivity index (χ0v) is 15.2. The molecule has 0 bridgehead atoms. The number of nitrogens with zero attached hydrogens (tertiary/aromatic N) is 1. The van der Waals surface area contributed by atoms with Gasteiger partial charge in [0.2, 0.25) is 0 Å². The zero-order chi connectivity index (χ0) is 18.9. The number of aliphatic carboxylic acids is 1. The van der Waals surface area contributed by atoms with Crippen LogP contribution in [0.4, 0.5) is 4.79 Å². The highest BCUT2D eigenvalue weighted by Gasteiger charge is 2.22. The molecule has 1 aromatic heterocycles. The van der Waals surface area contributed by atoms with Crippen LogP contribution < -0.4 is 5.32 Å². The summed E-state index contributed by atoms with van der Waals surface area (Å²) in [5.41, 5.74) is 1.06. The molecule has 140 valence electrons. The van der Waals surface area contributed by atoms with E-state index in [0.29, 0.717) is 25.1 Å². The van der Waals surface area contributed by atoms with E-state index in [2.05, 4.69) is 5.32 Å². The van der Waals surface area contributed by atoms with Crippen molar-refractivity contribution in [2.75, 3.05) is 0 Å². The van der Waals surface area contributed by atoms with Crippen molar-refractivity contribution in [3.63, 3.8) is 0 Å². The SMILES string of the molecule is CC(C)N(Cc1ccco1)C(=O)NC(CCC(=O)O)Cc1ccccc1. The molecule has 2 aromatic rings. The Labute approximate surface area is 153 Å². The van der Waals surface area contributed by atoms with Crippen molar-refractivity contribution in [1.29, 1.82) is 0 Å². The molecule has 6 nitrogen and oxygen atoms in total. The quantitative estimate of drug-likeness (QED) is 0.716. The first-order chi connectivity index (χ1) is 12.5. The Kier molecular flexibility index (Phi) is 7.26. The first-order valence-corrected chi connectivity index (χ1v) is 8.81. The van der Waals surface area contributed by atoms with E-state index in [0.717, 1.165) is 5.56 Å². The highest BCUT2D eigenvalue weighted by atomic mass is 16.4. The van der Waals surface area contributed by atoms with Crippen LogP contribution in [0.2, 0.25) is 0 Å². The van der Waals surface area contributed by atoms with Gasteiger partial charge in [0.25, 0.3) is 0 Å². The van der Waals surface area contributed by atoms with Gasteiger partial charge in [-0.05, 0) is 44.4 Å². The molecule has 2 rings (SSSR count). The Morgan fingerprint density at radius 2 is 1.88 bits per heavy atom. The van der Waals surface area contributed by atoms with Crippen molar-refractivity contribution in [1.82, 2.24) is 10.2 Å². The van der Waals surface area contributed by atoms with Gasteiger partial charge in [-0.2, -0.15) is 0 Å². The van der Waals surface area contributed by atoms with Crippen molar-refractivity contribution in [3.05, 3.63) is 60.1 Å². The van der Waals surface area contributed by atoms with E-state index in [-0.39, 0.29) is 24.5 Å². The van der Waals surface area contributed by atoms with Crippen molar-refractivity contribution in [2.45, 2.75) is 51.7 Å². The molecule has 1 heterocycles. The number of carboxylic acids is 1. The monoisotopic (exact) mass is 358 g/mol. The topological polar surface area (TPSA) is 82.8 Å². The lowest BCUT2D eigenvalue weighted by molar-refractivity contribution is -0.137. The number of urea groups is 1. The molecular weight excluding hydrogens is 332 g/mol. The minimum Gasteiger partial charge on any atom is -0.481 e. The first kappa shape index (κ1) is 19.6. The number of nitrogens with one attached hydrogen (secondary N) is 1. The lowest BCUT2D eigenvalue weighted by Crippen LogP contribution is -2.48. The first-order valence-electron chi connectivity index (χ1n) is 8.81. The smallest absolute Gasteiger partial charge is 0.318 e. The summed E-state index contributed by atoms with van der Waals surface area (Å²) in [6.45, 7) is 4.24. The van der Waals surface area contributed by atoms with Crippen LogP contribution >= 0.6 is 0 Å². The highest BCUT2D eigenvalue weighted by Crippen LogP contribution is 2.12. The molecule has 26 heavy (non-hydrogen) atoms. The lowest BCUT2D eigenvalue weighted by Gasteiger charge is -2.29. The van der Waals surface area contributed by atoms with Crippen molar-refractivity contribution >= 4 is 12.0 Å². The Balaban J connectivity index is 2.05. The number of rotatable bonds is 9. The average Bonchev–Trinajstić information content (AvgIpc) is 3.11. The Bertz CT molecular complexity index is 683. The molecule has 1 aromatic carbocycles. The Morgan fingerprint density at radius 1 is 1.15 bits per heavy atom. The van der Waals surface area contributed by atoms with Gasteiger partial charge in [-0.15, -0.1) is 0 Å². The van der Waals surface area contributed by atoms with Crippen molar-refractivity contribution in [3.8, 4) is 0 Å². The summed E-state index contributed by atoms with van der Waals surface area (Å²) in [6, 6.07) is 12.9. The second-order valence-electron chi connectivity index (χ2n) is 6.57. The van der Waals surface area contributed by atoms with E-state index in [4.69, 9.17) is 9.52 Å². The standard InChI is InChI=1S/C20H26N2O4/c1-15(2)22(14-18-9-6-12-26-18)20(25)21-17(10-11-19(23)24)13-16-7-4-3-5-8-16/h3-9,12,15,17H,10-11,13-14H2,1-2H3,(H,21,25)(H,23,24). The lowest BCUT2D eigenvalue weighted by atomic mass is 10.0. The molecular formula is C20H26N2O4. The highest BCUT2D eigenvalue weighted by molar-refractivity contribution is 5.75. The summed E-state index contributed by atoms with van der Waals surface area (Å²) in [7, 11) is 0. The fourth-order valence-corrected chi connectivity index (χ4v) is 2.74. The molecule has 0 saturated carbocycles. The number of hydrogen-bond acceptors (Lipinski definition) is 3. The normalized spacial score (nSPS) is 12.0. The largest absolute Gasteiger partial charge is 0.481 e. The maximum atomic E-state index is 12.8. The molecule has 1 unspecified atom stereocenters. The van der Waals surface area contributed by atoms with Crippen LogP contribution in [0.15, 0.2) is 53.1 Å². The van der Waals surface area contributed by atoms with E-state index >= 15 is 0 Å². The van der Waals surface area contributed by atoms with Gasteiger partial charge in [-0.1, -0.05) is 30.3 Å². The second kappa shape index (κ2) is 9.65. The number of carbonyl (C=O) groups is 2. The Morgan fingerprint density at radius 3 is 2.46 bits per heavy atom. The maximum Gasteiger partial charge on any atom is 0.318 e. The third-order valence-electron chi connectivity index (χ3n) is 4.15. The summed E-state index contributed by atoms with van der Waals surface area (Å²) in [6.07, 6.45) is 2.56. The molecule has 0 radical (unpaired) electrons. The van der Waals surface area contributed by atoms with Crippen LogP contribution in [0, 0.1) is 0 Å². The van der Waals surface area contributed by atoms with Crippen LogP contribution in [-0.2, 0) is 17.8 Å². The van der Waals surface area contributed by atoms with E-state index in [9.17, 15) is 9.59 Å².